The fourth-order valence-corrected chi connectivity index (χ4v) is 4.89. The zero-order valence-corrected chi connectivity index (χ0v) is 22.5. The minimum absolute atomic E-state index is 0.000880. The van der Waals surface area contributed by atoms with E-state index in [1.807, 2.05) is 20.8 Å². The van der Waals surface area contributed by atoms with Crippen LogP contribution in [0.1, 0.15) is 26.3 Å². The Morgan fingerprint density at radius 2 is 1.58 bits per heavy atom. The molecular weight excluding hydrogens is 510 g/mol. The van der Waals surface area contributed by atoms with Crippen molar-refractivity contribution in [2.75, 3.05) is 42.9 Å². The van der Waals surface area contributed by atoms with E-state index in [-0.39, 0.29) is 33.6 Å². The van der Waals surface area contributed by atoms with Crippen LogP contribution in [0.15, 0.2) is 53.4 Å². The number of para-hydroxylation sites is 2. The second-order valence-electron chi connectivity index (χ2n) is 9.77. The number of aromatic nitrogens is 2. The molecule has 0 atom stereocenters. The van der Waals surface area contributed by atoms with Crippen molar-refractivity contribution in [1.82, 2.24) is 14.9 Å². The number of sulfonamides is 1. The molecule has 1 saturated heterocycles. The van der Waals surface area contributed by atoms with Crippen LogP contribution in [0, 0.1) is 0 Å². The van der Waals surface area contributed by atoms with Crippen molar-refractivity contribution in [2.24, 2.45) is 0 Å². The van der Waals surface area contributed by atoms with E-state index in [4.69, 9.17) is 9.47 Å². The van der Waals surface area contributed by atoms with Gasteiger partial charge in [0.25, 0.3) is 10.0 Å². The molecule has 1 fully saturated rings. The topological polar surface area (TPSA) is 134 Å². The van der Waals surface area contributed by atoms with Gasteiger partial charge in [0.2, 0.25) is 18.1 Å². The second-order valence-corrected chi connectivity index (χ2v) is 11.5. The summed E-state index contributed by atoms with van der Waals surface area (Å²) in [6.07, 6.45) is 0.756. The maximum absolute atomic E-state index is 13.4. The summed E-state index contributed by atoms with van der Waals surface area (Å²) in [6.45, 7) is 7.69. The van der Waals surface area contributed by atoms with Gasteiger partial charge >= 0.3 is 5.88 Å². The fraction of sp³-hybridized carbons (Fsp3) is 0.346. The van der Waals surface area contributed by atoms with Crippen molar-refractivity contribution < 1.29 is 27.8 Å². The van der Waals surface area contributed by atoms with Crippen LogP contribution in [0.25, 0.3) is 0 Å². The van der Waals surface area contributed by atoms with Crippen molar-refractivity contribution in [1.29, 1.82) is 0 Å². The first kappa shape index (κ1) is 27.0. The summed E-state index contributed by atoms with van der Waals surface area (Å²) in [7, 11) is -2.70. The summed E-state index contributed by atoms with van der Waals surface area (Å²) in [5, 5.41) is 13.2. The number of methoxy groups -OCH3 is 1. The molecule has 1 aromatic heterocycles. The zero-order chi connectivity index (χ0) is 27.5. The predicted octanol–water partition coefficient (Wildman–Crippen LogP) is 3.80. The number of hydrogen-bond acceptors (Lipinski definition) is 8. The molecule has 1 N–H and O–H groups in total. The first-order valence-corrected chi connectivity index (χ1v) is 13.5. The number of benzene rings is 2. The van der Waals surface area contributed by atoms with Crippen LogP contribution in [0.5, 0.6) is 23.1 Å². The van der Waals surface area contributed by atoms with Gasteiger partial charge in [-0.05, 0) is 35.2 Å². The molecule has 0 aliphatic carbocycles. The Bertz CT molecular complexity index is 1400. The summed E-state index contributed by atoms with van der Waals surface area (Å²) in [5.74, 6) is -0.929. The molecule has 38 heavy (non-hydrogen) atoms. The van der Waals surface area contributed by atoms with E-state index >= 15 is 0 Å². The maximum atomic E-state index is 13.4. The monoisotopic (exact) mass is 540 g/mol. The van der Waals surface area contributed by atoms with Gasteiger partial charge in [0.15, 0.2) is 17.3 Å². The third kappa shape index (κ3) is 5.91. The molecule has 2 aromatic carbocycles. The zero-order valence-electron chi connectivity index (χ0n) is 21.7. The number of carbonyl (C=O) groups excluding carboxylic acids is 1. The average molecular weight is 541 g/mol. The molecule has 1 amide bonds. The van der Waals surface area contributed by atoms with E-state index in [1.165, 1.54) is 19.2 Å². The molecule has 1 radical (unpaired) electrons. The summed E-state index contributed by atoms with van der Waals surface area (Å²) < 4.78 is 40.3. The minimum Gasteiger partial charge on any atom is -0.493 e. The number of rotatable bonds is 8. The third-order valence-electron chi connectivity index (χ3n) is 6.11. The maximum Gasteiger partial charge on any atom is 0.319 e. The lowest BCUT2D eigenvalue weighted by atomic mass is 9.87. The number of piperazine rings is 1. The molecule has 4 rings (SSSR count). The highest BCUT2D eigenvalue weighted by molar-refractivity contribution is 7.92. The average Bonchev–Trinajstić information content (AvgIpc) is 2.90. The molecule has 201 valence electrons. The fourth-order valence-electron chi connectivity index (χ4n) is 3.88. The van der Waals surface area contributed by atoms with Crippen molar-refractivity contribution in [2.45, 2.75) is 31.1 Å². The number of amides is 1. The smallest absolute Gasteiger partial charge is 0.319 e. The number of hydrogen-bond donors (Lipinski definition) is 1. The Morgan fingerprint density at radius 3 is 2.16 bits per heavy atom. The van der Waals surface area contributed by atoms with Crippen LogP contribution in [0.2, 0.25) is 0 Å². The van der Waals surface area contributed by atoms with E-state index in [2.05, 4.69) is 14.7 Å². The Kier molecular flexibility index (Phi) is 7.63. The predicted molar refractivity (Wildman–Crippen MR) is 141 cm³/mol. The van der Waals surface area contributed by atoms with E-state index in [0.717, 1.165) is 12.0 Å². The van der Waals surface area contributed by atoms with Crippen LogP contribution >= 0.6 is 0 Å². The standard InChI is InChI=1S/C26H30N5O6S/c1-26(2,3)18-9-11-19(12-10-18)38(34,35)29-23-22(37-21-8-6-5-7-20(21)36-4)24(33)28-25(27-23)31-15-13-30(17-32)14-16-31/h5-12,17H,13-16H2,1-4H3,(H,27,28,29). The molecule has 1 aliphatic rings. The lowest BCUT2D eigenvalue weighted by Crippen LogP contribution is -2.46. The van der Waals surface area contributed by atoms with Gasteiger partial charge in [-0.15, -0.1) is 0 Å². The van der Waals surface area contributed by atoms with Gasteiger partial charge in [0, 0.05) is 26.2 Å². The van der Waals surface area contributed by atoms with Gasteiger partial charge in [-0.25, -0.2) is 8.42 Å². The molecule has 3 aromatic rings. The number of ether oxygens (including phenoxy) is 2. The molecule has 11 nitrogen and oxygen atoms in total. The summed E-state index contributed by atoms with van der Waals surface area (Å²) in [6, 6.07) is 13.1. The Balaban J connectivity index is 1.73. The molecule has 0 bridgehead atoms. The largest absolute Gasteiger partial charge is 0.493 e. The Morgan fingerprint density at radius 1 is 0.947 bits per heavy atom. The number of anilines is 2. The number of nitrogens with zero attached hydrogens (tertiary/aromatic N) is 4. The molecular formula is C26H30N5O6S. The molecule has 1 aliphatic heterocycles. The van der Waals surface area contributed by atoms with Gasteiger partial charge in [-0.3, -0.25) is 14.6 Å². The van der Waals surface area contributed by atoms with Gasteiger partial charge in [0.05, 0.1) is 12.0 Å². The van der Waals surface area contributed by atoms with Gasteiger partial charge in [-0.1, -0.05) is 45.0 Å². The second kappa shape index (κ2) is 10.7. The summed E-state index contributed by atoms with van der Waals surface area (Å²) in [4.78, 5) is 22.8. The quantitative estimate of drug-likeness (QED) is 0.427. The van der Waals surface area contributed by atoms with E-state index < -0.39 is 15.9 Å². The highest BCUT2D eigenvalue weighted by Gasteiger charge is 2.27. The van der Waals surface area contributed by atoms with E-state index in [1.54, 1.807) is 46.2 Å². The van der Waals surface area contributed by atoms with Crippen molar-refractivity contribution in [3.05, 3.63) is 54.1 Å². The Labute approximate surface area is 222 Å². The summed E-state index contributed by atoms with van der Waals surface area (Å²) >= 11 is 0. The van der Waals surface area contributed by atoms with Crippen LogP contribution < -0.4 is 19.1 Å². The minimum atomic E-state index is -4.15. The van der Waals surface area contributed by atoms with Gasteiger partial charge in [0.1, 0.15) is 0 Å². The first-order valence-electron chi connectivity index (χ1n) is 12.0. The van der Waals surface area contributed by atoms with Crippen molar-refractivity contribution in [3.63, 3.8) is 0 Å². The molecule has 12 heteroatoms. The normalized spacial score (nSPS) is 14.2. The number of carbonyl (C=O) groups is 1. The summed E-state index contributed by atoms with van der Waals surface area (Å²) in [5.41, 5.74) is 0.815. The van der Waals surface area contributed by atoms with Crippen LogP contribution in [0.3, 0.4) is 0 Å². The van der Waals surface area contributed by atoms with Crippen LogP contribution in [0.4, 0.5) is 11.8 Å². The van der Waals surface area contributed by atoms with Crippen molar-refractivity contribution in [3.8, 4) is 23.1 Å². The number of nitrogens with one attached hydrogen (secondary N) is 1. The van der Waals surface area contributed by atoms with E-state index in [0.29, 0.717) is 31.9 Å². The molecule has 0 spiro atoms. The highest BCUT2D eigenvalue weighted by Crippen LogP contribution is 2.41. The lowest BCUT2D eigenvalue weighted by Gasteiger charge is -2.32. The van der Waals surface area contributed by atoms with Gasteiger partial charge in [-0.2, -0.15) is 9.97 Å². The van der Waals surface area contributed by atoms with Crippen LogP contribution in [-0.4, -0.2) is 63.0 Å². The third-order valence-corrected chi connectivity index (χ3v) is 7.47. The van der Waals surface area contributed by atoms with E-state index in [9.17, 15) is 18.3 Å². The van der Waals surface area contributed by atoms with Gasteiger partial charge < -0.3 is 19.3 Å². The molecule has 2 heterocycles. The Hall–Kier alpha value is -4.06. The molecule has 0 saturated carbocycles. The first-order chi connectivity index (χ1) is 18.0. The highest BCUT2D eigenvalue weighted by atomic mass is 32.2. The van der Waals surface area contributed by atoms with Crippen LogP contribution in [-0.2, 0) is 25.3 Å². The molecule has 0 unspecified atom stereocenters. The van der Waals surface area contributed by atoms with Crippen molar-refractivity contribution >= 4 is 28.2 Å². The lowest BCUT2D eigenvalue weighted by molar-refractivity contribution is -0.118. The SMILES string of the molecule is COc1ccccc1Oc1c([O])nc(N2CCN(C=O)CC2)nc1NS(=O)(=O)c1ccc(C(C)(C)C)cc1.